The van der Waals surface area contributed by atoms with E-state index in [0.29, 0.717) is 11.7 Å². The molecule has 1 unspecified atom stereocenters. The molecule has 0 N–H and O–H groups in total. The standard InChI is InChI=1S/C16H24O3/c1-4-5-6-7-10-13(2)15-11-8-9-12-16(15)19-18-14(3)17/h8-9,11-13H,4-7,10H2,1-3H3. The predicted octanol–water partition coefficient (Wildman–Crippen LogP) is 4.62. The molecule has 0 aliphatic carbocycles. The number of carbonyl (C=O) groups is 1. The van der Waals surface area contributed by atoms with Gasteiger partial charge in [0.2, 0.25) is 0 Å². The van der Waals surface area contributed by atoms with Gasteiger partial charge in [-0.1, -0.05) is 57.7 Å². The van der Waals surface area contributed by atoms with Crippen molar-refractivity contribution in [3.63, 3.8) is 0 Å². The van der Waals surface area contributed by atoms with Gasteiger partial charge in [0.05, 0.1) is 0 Å². The summed E-state index contributed by atoms with van der Waals surface area (Å²) in [6, 6.07) is 7.73. The number of hydrogen-bond donors (Lipinski definition) is 0. The third-order valence-corrected chi connectivity index (χ3v) is 3.19. The number of rotatable bonds is 8. The fourth-order valence-electron chi connectivity index (χ4n) is 2.10. The lowest BCUT2D eigenvalue weighted by molar-refractivity contribution is -0.211. The second-order valence-corrected chi connectivity index (χ2v) is 4.95. The van der Waals surface area contributed by atoms with Crippen LogP contribution in [0.4, 0.5) is 0 Å². The van der Waals surface area contributed by atoms with Gasteiger partial charge in [-0.05, 0) is 18.4 Å². The van der Waals surface area contributed by atoms with E-state index in [1.54, 1.807) is 0 Å². The highest BCUT2D eigenvalue weighted by molar-refractivity contribution is 5.65. The van der Waals surface area contributed by atoms with E-state index in [9.17, 15) is 4.79 Å². The lowest BCUT2D eigenvalue weighted by Gasteiger charge is -2.15. The monoisotopic (exact) mass is 264 g/mol. The van der Waals surface area contributed by atoms with Gasteiger partial charge in [0.1, 0.15) is 0 Å². The van der Waals surface area contributed by atoms with E-state index in [1.165, 1.54) is 32.6 Å². The Hall–Kier alpha value is -1.51. The van der Waals surface area contributed by atoms with Crippen molar-refractivity contribution in [1.29, 1.82) is 0 Å². The quantitative estimate of drug-likeness (QED) is 0.390. The Morgan fingerprint density at radius 1 is 1.21 bits per heavy atom. The minimum Gasteiger partial charge on any atom is -0.287 e. The molecule has 3 heteroatoms. The highest BCUT2D eigenvalue weighted by atomic mass is 17.2. The summed E-state index contributed by atoms with van der Waals surface area (Å²) in [4.78, 5) is 20.5. The van der Waals surface area contributed by atoms with Crippen LogP contribution >= 0.6 is 0 Å². The summed E-state index contributed by atoms with van der Waals surface area (Å²) in [6.07, 6.45) is 6.16. The molecule has 0 fully saturated rings. The van der Waals surface area contributed by atoms with Gasteiger partial charge in [0.15, 0.2) is 5.75 Å². The largest absolute Gasteiger partial charge is 0.352 e. The van der Waals surface area contributed by atoms with Crippen LogP contribution in [0.1, 0.15) is 64.4 Å². The van der Waals surface area contributed by atoms with Crippen LogP contribution in [-0.4, -0.2) is 5.97 Å². The Kier molecular flexibility index (Phi) is 7.01. The molecule has 3 nitrogen and oxygen atoms in total. The zero-order valence-electron chi connectivity index (χ0n) is 12.1. The van der Waals surface area contributed by atoms with Crippen LogP contribution in [0.3, 0.4) is 0 Å². The van der Waals surface area contributed by atoms with Gasteiger partial charge >= 0.3 is 5.97 Å². The van der Waals surface area contributed by atoms with E-state index in [-0.39, 0.29) is 0 Å². The van der Waals surface area contributed by atoms with Gasteiger partial charge in [0, 0.05) is 12.5 Å². The zero-order valence-corrected chi connectivity index (χ0v) is 12.1. The molecule has 0 amide bonds. The molecule has 0 aliphatic heterocycles. The molecule has 0 aliphatic rings. The second kappa shape index (κ2) is 8.57. The Balaban J connectivity index is 2.57. The molecule has 1 atom stereocenters. The number of benzene rings is 1. The zero-order chi connectivity index (χ0) is 14.1. The van der Waals surface area contributed by atoms with Crippen molar-refractivity contribution >= 4 is 5.97 Å². The van der Waals surface area contributed by atoms with Gasteiger partial charge in [0.25, 0.3) is 0 Å². The molecule has 0 spiro atoms. The second-order valence-electron chi connectivity index (χ2n) is 4.95. The molecule has 0 saturated carbocycles. The number of unbranched alkanes of at least 4 members (excludes halogenated alkanes) is 3. The lowest BCUT2D eigenvalue weighted by Crippen LogP contribution is -2.06. The van der Waals surface area contributed by atoms with Crippen molar-refractivity contribution in [3.05, 3.63) is 29.8 Å². The molecular weight excluding hydrogens is 240 g/mol. The summed E-state index contributed by atoms with van der Waals surface area (Å²) >= 11 is 0. The fourth-order valence-corrected chi connectivity index (χ4v) is 2.10. The van der Waals surface area contributed by atoms with E-state index < -0.39 is 5.97 Å². The van der Waals surface area contributed by atoms with Crippen LogP contribution in [0.5, 0.6) is 5.75 Å². The highest BCUT2D eigenvalue weighted by Crippen LogP contribution is 2.30. The van der Waals surface area contributed by atoms with Crippen molar-refractivity contribution in [3.8, 4) is 5.75 Å². The SMILES string of the molecule is CCCCCCC(C)c1ccccc1OOC(C)=O. The van der Waals surface area contributed by atoms with E-state index in [4.69, 9.17) is 4.89 Å². The van der Waals surface area contributed by atoms with Gasteiger partial charge in [-0.15, -0.1) is 0 Å². The summed E-state index contributed by atoms with van der Waals surface area (Å²) in [5.41, 5.74) is 1.10. The molecule has 0 radical (unpaired) electrons. The summed E-state index contributed by atoms with van der Waals surface area (Å²) < 4.78 is 0. The third kappa shape index (κ3) is 5.77. The maximum Gasteiger partial charge on any atom is 0.352 e. The van der Waals surface area contributed by atoms with Crippen LogP contribution in [0.15, 0.2) is 24.3 Å². The molecule has 0 heterocycles. The van der Waals surface area contributed by atoms with E-state index in [0.717, 1.165) is 12.0 Å². The smallest absolute Gasteiger partial charge is 0.287 e. The first-order valence-corrected chi connectivity index (χ1v) is 7.09. The van der Waals surface area contributed by atoms with Crippen LogP contribution in [-0.2, 0) is 9.68 Å². The van der Waals surface area contributed by atoms with E-state index in [1.807, 2.05) is 24.3 Å². The number of hydrogen-bond acceptors (Lipinski definition) is 3. The van der Waals surface area contributed by atoms with Crippen molar-refractivity contribution in [2.24, 2.45) is 0 Å². The van der Waals surface area contributed by atoms with Gasteiger partial charge in [-0.3, -0.25) is 9.78 Å². The Bertz CT molecular complexity index is 387. The van der Waals surface area contributed by atoms with Gasteiger partial charge in [-0.2, -0.15) is 0 Å². The Morgan fingerprint density at radius 2 is 1.95 bits per heavy atom. The third-order valence-electron chi connectivity index (χ3n) is 3.19. The number of carbonyl (C=O) groups excluding carboxylic acids is 1. The van der Waals surface area contributed by atoms with Crippen molar-refractivity contribution in [1.82, 2.24) is 0 Å². The topological polar surface area (TPSA) is 35.5 Å². The minimum absolute atomic E-state index is 0.406. The molecule has 0 saturated heterocycles. The predicted molar refractivity (Wildman–Crippen MR) is 76.0 cm³/mol. The van der Waals surface area contributed by atoms with E-state index >= 15 is 0 Å². The van der Waals surface area contributed by atoms with Gasteiger partial charge in [-0.25, -0.2) is 4.79 Å². The van der Waals surface area contributed by atoms with Crippen molar-refractivity contribution in [2.45, 2.75) is 58.8 Å². The summed E-state index contributed by atoms with van der Waals surface area (Å²) in [5.74, 6) is 0.606. The maximum atomic E-state index is 10.8. The fraction of sp³-hybridized carbons (Fsp3) is 0.562. The maximum absolute atomic E-state index is 10.8. The molecule has 0 bridgehead atoms. The first-order chi connectivity index (χ1) is 9.15. The van der Waals surface area contributed by atoms with Gasteiger partial charge < -0.3 is 0 Å². The van der Waals surface area contributed by atoms with Crippen LogP contribution in [0.25, 0.3) is 0 Å². The molecule has 106 valence electrons. The Morgan fingerprint density at radius 3 is 2.63 bits per heavy atom. The molecule has 1 aromatic carbocycles. The molecular formula is C16H24O3. The van der Waals surface area contributed by atoms with Crippen LogP contribution in [0, 0.1) is 0 Å². The average molecular weight is 264 g/mol. The Labute approximate surface area is 115 Å². The highest BCUT2D eigenvalue weighted by Gasteiger charge is 2.12. The molecule has 1 aromatic rings. The van der Waals surface area contributed by atoms with Crippen LogP contribution in [0.2, 0.25) is 0 Å². The molecule has 1 rings (SSSR count). The minimum atomic E-state index is -0.439. The summed E-state index contributed by atoms with van der Waals surface area (Å²) in [6.45, 7) is 5.73. The van der Waals surface area contributed by atoms with Crippen molar-refractivity contribution < 1.29 is 14.6 Å². The van der Waals surface area contributed by atoms with E-state index in [2.05, 4.69) is 18.7 Å². The first-order valence-electron chi connectivity index (χ1n) is 7.09. The normalized spacial score (nSPS) is 11.9. The van der Waals surface area contributed by atoms with Crippen LogP contribution < -0.4 is 4.89 Å². The molecule has 0 aromatic heterocycles. The lowest BCUT2D eigenvalue weighted by atomic mass is 9.94. The summed E-state index contributed by atoms with van der Waals surface area (Å²) in [7, 11) is 0. The average Bonchev–Trinajstić information content (AvgIpc) is 2.41. The van der Waals surface area contributed by atoms with Crippen molar-refractivity contribution in [2.75, 3.05) is 0 Å². The number of para-hydroxylation sites is 1. The summed E-state index contributed by atoms with van der Waals surface area (Å²) in [5, 5.41) is 0. The molecule has 19 heavy (non-hydrogen) atoms. The first kappa shape index (κ1) is 15.5.